The summed E-state index contributed by atoms with van der Waals surface area (Å²) in [4.78, 5) is 4.77. The zero-order chi connectivity index (χ0) is 27.1. The first-order valence-electron chi connectivity index (χ1n) is 13.5. The molecule has 0 radical (unpaired) electrons. The smallest absolute Gasteiger partial charge is 0.0366 e. The van der Waals surface area contributed by atoms with Gasteiger partial charge in [0.1, 0.15) is 0 Å². The van der Waals surface area contributed by atoms with Crippen molar-refractivity contribution >= 4 is 54.4 Å². The maximum Gasteiger partial charge on any atom is 0.0366 e. The zero-order valence-corrected chi connectivity index (χ0v) is 25.9. The Morgan fingerprint density at radius 2 is 0.658 bits per heavy atom. The van der Waals surface area contributed by atoms with Crippen molar-refractivity contribution in [3.05, 3.63) is 128 Å². The predicted molar refractivity (Wildman–Crippen MR) is 173 cm³/mol. The minimum atomic E-state index is 0.994. The van der Waals surface area contributed by atoms with Crippen molar-refractivity contribution in [2.24, 2.45) is 0 Å². The van der Waals surface area contributed by atoms with Crippen LogP contribution in [0, 0.1) is 0 Å². The van der Waals surface area contributed by atoms with E-state index in [2.05, 4.69) is 166 Å². The summed E-state index contributed by atoms with van der Waals surface area (Å²) in [5, 5.41) is 0. The molecule has 0 aromatic heterocycles. The van der Waals surface area contributed by atoms with Crippen LogP contribution >= 0.6 is 31.9 Å². The van der Waals surface area contributed by atoms with Crippen LogP contribution in [0.3, 0.4) is 0 Å². The van der Waals surface area contributed by atoms with Crippen LogP contribution in [0.25, 0.3) is 11.1 Å². The maximum absolute atomic E-state index is 3.63. The van der Waals surface area contributed by atoms with E-state index in [-0.39, 0.29) is 0 Å². The van der Waals surface area contributed by atoms with E-state index in [1.165, 1.54) is 44.8 Å². The molecule has 2 nitrogen and oxygen atoms in total. The number of anilines is 2. The van der Waals surface area contributed by atoms with E-state index < -0.39 is 0 Å². The highest BCUT2D eigenvalue weighted by molar-refractivity contribution is 9.10. The van der Waals surface area contributed by atoms with Crippen molar-refractivity contribution < 1.29 is 0 Å². The molecule has 0 amide bonds. The molecule has 4 aromatic carbocycles. The minimum Gasteiger partial charge on any atom is -0.372 e. The van der Waals surface area contributed by atoms with Crippen molar-refractivity contribution in [2.45, 2.75) is 27.7 Å². The molecule has 0 aliphatic carbocycles. The molecule has 0 bridgehead atoms. The predicted octanol–water partition coefficient (Wildman–Crippen LogP) is 9.91. The molecule has 0 aliphatic rings. The Kier molecular flexibility index (Phi) is 9.87. The van der Waals surface area contributed by atoms with E-state index in [9.17, 15) is 0 Å². The Bertz CT molecular complexity index is 1230. The SMILES string of the molecule is CCN(CC)c1ccc(C(=C(c2ccc(Br)cc2)c2ccc(Br)cc2)c2ccc(N(CC)CC)cc2)cc1. The highest BCUT2D eigenvalue weighted by Gasteiger charge is 2.17. The summed E-state index contributed by atoms with van der Waals surface area (Å²) in [5.74, 6) is 0. The lowest BCUT2D eigenvalue weighted by Crippen LogP contribution is -2.21. The molecule has 0 heterocycles. The summed E-state index contributed by atoms with van der Waals surface area (Å²) in [7, 11) is 0. The van der Waals surface area contributed by atoms with E-state index in [0.717, 1.165) is 35.1 Å². The van der Waals surface area contributed by atoms with Gasteiger partial charge < -0.3 is 9.80 Å². The summed E-state index contributed by atoms with van der Waals surface area (Å²) < 4.78 is 2.15. The molecular weight excluding hydrogens is 596 g/mol. The highest BCUT2D eigenvalue weighted by atomic mass is 79.9. The van der Waals surface area contributed by atoms with Crippen molar-refractivity contribution in [1.82, 2.24) is 0 Å². The van der Waals surface area contributed by atoms with Crippen LogP contribution in [-0.2, 0) is 0 Å². The molecule has 0 unspecified atom stereocenters. The summed E-state index contributed by atoms with van der Waals surface area (Å²) in [5.41, 5.74) is 9.74. The Morgan fingerprint density at radius 3 is 0.895 bits per heavy atom. The van der Waals surface area contributed by atoms with Gasteiger partial charge in [0.2, 0.25) is 0 Å². The van der Waals surface area contributed by atoms with E-state index in [4.69, 9.17) is 0 Å². The molecule has 4 heteroatoms. The first kappa shape index (κ1) is 28.2. The molecule has 4 rings (SSSR count). The molecule has 196 valence electrons. The second-order valence-corrected chi connectivity index (χ2v) is 11.0. The third-order valence-corrected chi connectivity index (χ3v) is 8.14. The third-order valence-electron chi connectivity index (χ3n) is 7.08. The number of halogens is 2. The van der Waals surface area contributed by atoms with Crippen LogP contribution in [-0.4, -0.2) is 26.2 Å². The van der Waals surface area contributed by atoms with Gasteiger partial charge in [-0.1, -0.05) is 80.4 Å². The fraction of sp³-hybridized carbons (Fsp3) is 0.235. The average molecular weight is 632 g/mol. The fourth-order valence-corrected chi connectivity index (χ4v) is 5.53. The zero-order valence-electron chi connectivity index (χ0n) is 22.7. The molecule has 0 atom stereocenters. The van der Waals surface area contributed by atoms with E-state index in [1.54, 1.807) is 0 Å². The van der Waals surface area contributed by atoms with Gasteiger partial charge in [-0.25, -0.2) is 0 Å². The molecular formula is C34H36Br2N2. The van der Waals surface area contributed by atoms with Gasteiger partial charge >= 0.3 is 0 Å². The van der Waals surface area contributed by atoms with Crippen LogP contribution in [0.5, 0.6) is 0 Å². The van der Waals surface area contributed by atoms with E-state index >= 15 is 0 Å². The molecule has 4 aromatic rings. The molecule has 0 saturated heterocycles. The summed E-state index contributed by atoms with van der Waals surface area (Å²) in [6.07, 6.45) is 0. The lowest BCUT2D eigenvalue weighted by Gasteiger charge is -2.24. The van der Waals surface area contributed by atoms with Crippen LogP contribution in [0.1, 0.15) is 49.9 Å². The monoisotopic (exact) mass is 630 g/mol. The number of hydrogen-bond donors (Lipinski definition) is 0. The van der Waals surface area contributed by atoms with Crippen LogP contribution in [0.4, 0.5) is 11.4 Å². The van der Waals surface area contributed by atoms with Gasteiger partial charge in [0, 0.05) is 46.5 Å². The first-order chi connectivity index (χ1) is 18.5. The van der Waals surface area contributed by atoms with Crippen LogP contribution in [0.15, 0.2) is 106 Å². The quantitative estimate of drug-likeness (QED) is 0.161. The third kappa shape index (κ3) is 6.42. The fourth-order valence-electron chi connectivity index (χ4n) is 5.00. The van der Waals surface area contributed by atoms with Gasteiger partial charge in [-0.3, -0.25) is 0 Å². The lowest BCUT2D eigenvalue weighted by atomic mass is 9.85. The standard InChI is InChI=1S/C34H36Br2N2/c1-5-37(6-2)31-21-13-27(14-22-31)34(28-15-23-32(24-16-28)38(7-3)8-4)33(25-9-17-29(35)18-10-25)26-11-19-30(36)20-12-26/h9-24H,5-8H2,1-4H3. The highest BCUT2D eigenvalue weighted by Crippen LogP contribution is 2.38. The Hall–Kier alpha value is -2.82. The second-order valence-electron chi connectivity index (χ2n) is 9.20. The van der Waals surface area contributed by atoms with E-state index in [0.29, 0.717) is 0 Å². The number of rotatable bonds is 10. The summed E-state index contributed by atoms with van der Waals surface area (Å²) in [6.45, 7) is 12.8. The van der Waals surface area contributed by atoms with Gasteiger partial charge in [-0.2, -0.15) is 0 Å². The molecule has 0 N–H and O–H groups in total. The molecule has 38 heavy (non-hydrogen) atoms. The summed E-state index contributed by atoms with van der Waals surface area (Å²) >= 11 is 7.25. The van der Waals surface area contributed by atoms with Gasteiger partial charge in [0.25, 0.3) is 0 Å². The largest absolute Gasteiger partial charge is 0.372 e. The Balaban J connectivity index is 1.99. The number of benzene rings is 4. The van der Waals surface area contributed by atoms with Crippen molar-refractivity contribution in [3.8, 4) is 0 Å². The maximum atomic E-state index is 3.63. The summed E-state index contributed by atoms with van der Waals surface area (Å²) in [6, 6.07) is 35.4. The minimum absolute atomic E-state index is 0.994. The Morgan fingerprint density at radius 1 is 0.421 bits per heavy atom. The normalized spacial score (nSPS) is 10.8. The van der Waals surface area contributed by atoms with Gasteiger partial charge in [0.15, 0.2) is 0 Å². The lowest BCUT2D eigenvalue weighted by molar-refractivity contribution is 0.866. The van der Waals surface area contributed by atoms with Crippen molar-refractivity contribution in [2.75, 3.05) is 36.0 Å². The van der Waals surface area contributed by atoms with Gasteiger partial charge in [-0.15, -0.1) is 0 Å². The molecule has 0 aliphatic heterocycles. The Labute approximate surface area is 245 Å². The van der Waals surface area contributed by atoms with E-state index in [1.807, 2.05) is 0 Å². The van der Waals surface area contributed by atoms with Crippen molar-refractivity contribution in [3.63, 3.8) is 0 Å². The molecule has 0 fully saturated rings. The first-order valence-corrected chi connectivity index (χ1v) is 15.0. The second kappa shape index (κ2) is 13.3. The topological polar surface area (TPSA) is 6.48 Å². The van der Waals surface area contributed by atoms with Crippen LogP contribution < -0.4 is 9.80 Å². The number of nitrogens with zero attached hydrogens (tertiary/aromatic N) is 2. The van der Waals surface area contributed by atoms with Crippen molar-refractivity contribution in [1.29, 1.82) is 0 Å². The average Bonchev–Trinajstić information content (AvgIpc) is 2.95. The molecule has 0 saturated carbocycles. The van der Waals surface area contributed by atoms with Gasteiger partial charge in [0.05, 0.1) is 0 Å². The van der Waals surface area contributed by atoms with Crippen LogP contribution in [0.2, 0.25) is 0 Å². The van der Waals surface area contributed by atoms with Gasteiger partial charge in [-0.05, 0) is 110 Å². The molecule has 0 spiro atoms. The number of hydrogen-bond acceptors (Lipinski definition) is 2.